The van der Waals surface area contributed by atoms with Crippen LogP contribution in [0.5, 0.6) is 11.6 Å². The molecule has 0 aliphatic heterocycles. The van der Waals surface area contributed by atoms with Crippen LogP contribution < -0.4 is 15.4 Å². The molecule has 0 radical (unpaired) electrons. The van der Waals surface area contributed by atoms with Gasteiger partial charge in [-0.05, 0) is 23.8 Å². The Balaban J connectivity index is 1.52. The number of guanidine groups is 1. The Bertz CT molecular complexity index is 1000. The van der Waals surface area contributed by atoms with Gasteiger partial charge in [-0.25, -0.2) is 9.37 Å². The van der Waals surface area contributed by atoms with Crippen molar-refractivity contribution in [1.29, 1.82) is 0 Å². The van der Waals surface area contributed by atoms with Crippen LogP contribution in [0.2, 0.25) is 10.2 Å². The van der Waals surface area contributed by atoms with Crippen molar-refractivity contribution in [3.05, 3.63) is 75.9 Å². The monoisotopic (exact) mass is 435 g/mol. The summed E-state index contributed by atoms with van der Waals surface area (Å²) in [6.07, 6.45) is 1.69. The van der Waals surface area contributed by atoms with Gasteiger partial charge in [0.15, 0.2) is 5.96 Å². The molecule has 0 unspecified atom stereocenters. The Hall–Kier alpha value is -2.77. The number of hydrogen-bond acceptors (Lipinski definition) is 3. The first-order valence-corrected chi connectivity index (χ1v) is 9.54. The fraction of sp³-hybridized carbons (Fsp3) is 0.200. The van der Waals surface area contributed by atoms with Gasteiger partial charge in [-0.2, -0.15) is 0 Å². The first-order valence-electron chi connectivity index (χ1n) is 8.78. The van der Waals surface area contributed by atoms with Crippen LogP contribution in [0.4, 0.5) is 4.39 Å². The molecule has 29 heavy (non-hydrogen) atoms. The SMILES string of the molecule is CN=C(NCc1ccc(Oc2cccc(F)c2)nc1)NCc1cc(Cl)c(Cl)n1C. The van der Waals surface area contributed by atoms with E-state index in [4.69, 9.17) is 27.9 Å². The second kappa shape index (κ2) is 9.62. The third-order valence-electron chi connectivity index (χ3n) is 4.15. The second-order valence-corrected chi connectivity index (χ2v) is 6.94. The van der Waals surface area contributed by atoms with Crippen molar-refractivity contribution in [2.45, 2.75) is 13.1 Å². The first-order chi connectivity index (χ1) is 14.0. The number of benzene rings is 1. The average Bonchev–Trinajstić information content (AvgIpc) is 2.96. The van der Waals surface area contributed by atoms with Crippen LogP contribution in [-0.4, -0.2) is 22.6 Å². The predicted octanol–water partition coefficient (Wildman–Crippen LogP) is 4.52. The molecular weight excluding hydrogens is 416 g/mol. The lowest BCUT2D eigenvalue weighted by molar-refractivity contribution is 0.457. The number of nitrogens with one attached hydrogen (secondary N) is 2. The lowest BCUT2D eigenvalue weighted by Gasteiger charge is -2.13. The zero-order valence-electron chi connectivity index (χ0n) is 15.9. The van der Waals surface area contributed by atoms with Gasteiger partial charge in [0, 0.05) is 44.7 Å². The molecule has 0 amide bonds. The van der Waals surface area contributed by atoms with E-state index in [0.717, 1.165) is 11.3 Å². The van der Waals surface area contributed by atoms with E-state index in [1.807, 2.05) is 23.7 Å². The Morgan fingerprint density at radius 1 is 1.17 bits per heavy atom. The summed E-state index contributed by atoms with van der Waals surface area (Å²) in [4.78, 5) is 8.44. The van der Waals surface area contributed by atoms with E-state index in [2.05, 4.69) is 20.6 Å². The fourth-order valence-corrected chi connectivity index (χ4v) is 2.98. The minimum Gasteiger partial charge on any atom is -0.439 e. The molecule has 1 aromatic carbocycles. The molecule has 0 saturated heterocycles. The van der Waals surface area contributed by atoms with Crippen LogP contribution in [0.25, 0.3) is 0 Å². The molecule has 3 aromatic rings. The molecule has 0 fully saturated rings. The maximum Gasteiger partial charge on any atom is 0.219 e. The summed E-state index contributed by atoms with van der Waals surface area (Å²) < 4.78 is 20.6. The number of pyridine rings is 1. The van der Waals surface area contributed by atoms with E-state index in [-0.39, 0.29) is 5.82 Å². The molecular formula is C20H20Cl2FN5O. The molecule has 3 rings (SSSR count). The predicted molar refractivity (Wildman–Crippen MR) is 113 cm³/mol. The van der Waals surface area contributed by atoms with Gasteiger partial charge in [0.05, 0.1) is 11.6 Å². The normalized spacial score (nSPS) is 11.4. The Morgan fingerprint density at radius 3 is 2.59 bits per heavy atom. The van der Waals surface area contributed by atoms with Crippen molar-refractivity contribution in [1.82, 2.24) is 20.2 Å². The number of hydrogen-bond donors (Lipinski definition) is 2. The molecule has 0 aliphatic carbocycles. The highest BCUT2D eigenvalue weighted by Crippen LogP contribution is 2.25. The van der Waals surface area contributed by atoms with Crippen molar-refractivity contribution in [3.63, 3.8) is 0 Å². The summed E-state index contributed by atoms with van der Waals surface area (Å²) in [6, 6.07) is 11.3. The molecule has 0 spiro atoms. The molecule has 152 valence electrons. The van der Waals surface area contributed by atoms with E-state index in [1.54, 1.807) is 31.4 Å². The van der Waals surface area contributed by atoms with Gasteiger partial charge in [0.1, 0.15) is 16.7 Å². The Labute approximate surface area is 178 Å². The average molecular weight is 436 g/mol. The van der Waals surface area contributed by atoms with E-state index in [0.29, 0.717) is 40.9 Å². The Kier molecular flexibility index (Phi) is 6.95. The van der Waals surface area contributed by atoms with Gasteiger partial charge in [0.25, 0.3) is 0 Å². The minimum atomic E-state index is -0.359. The lowest BCUT2D eigenvalue weighted by Crippen LogP contribution is -2.36. The van der Waals surface area contributed by atoms with Gasteiger partial charge < -0.3 is 19.9 Å². The maximum atomic E-state index is 13.2. The van der Waals surface area contributed by atoms with Gasteiger partial charge in [-0.15, -0.1) is 0 Å². The van der Waals surface area contributed by atoms with Crippen molar-refractivity contribution < 1.29 is 9.13 Å². The standard InChI is InChI=1S/C20H20Cl2FN5O/c1-24-20(27-12-15-9-17(21)19(22)28(15)2)26-11-13-6-7-18(25-10-13)29-16-5-3-4-14(23)8-16/h3-10H,11-12H2,1-2H3,(H2,24,26,27). The molecule has 0 saturated carbocycles. The number of nitrogens with zero attached hydrogens (tertiary/aromatic N) is 3. The van der Waals surface area contributed by atoms with E-state index in [9.17, 15) is 4.39 Å². The highest BCUT2D eigenvalue weighted by Gasteiger charge is 2.09. The molecule has 0 bridgehead atoms. The third-order valence-corrected chi connectivity index (χ3v) is 4.99. The van der Waals surface area contributed by atoms with E-state index >= 15 is 0 Å². The molecule has 6 nitrogen and oxygen atoms in total. The van der Waals surface area contributed by atoms with Gasteiger partial charge in [-0.3, -0.25) is 4.99 Å². The minimum absolute atomic E-state index is 0.359. The van der Waals surface area contributed by atoms with Gasteiger partial charge >= 0.3 is 0 Å². The Morgan fingerprint density at radius 2 is 1.97 bits per heavy atom. The zero-order chi connectivity index (χ0) is 20.8. The van der Waals surface area contributed by atoms with Crippen molar-refractivity contribution >= 4 is 29.2 Å². The van der Waals surface area contributed by atoms with Gasteiger partial charge in [-0.1, -0.05) is 35.3 Å². The summed E-state index contributed by atoms with van der Waals surface area (Å²) in [5, 5.41) is 7.43. The summed E-state index contributed by atoms with van der Waals surface area (Å²) in [6.45, 7) is 1.03. The highest BCUT2D eigenvalue weighted by molar-refractivity contribution is 6.41. The lowest BCUT2D eigenvalue weighted by atomic mass is 10.3. The molecule has 2 heterocycles. The molecule has 2 aromatic heterocycles. The summed E-state index contributed by atoms with van der Waals surface area (Å²) in [7, 11) is 3.54. The molecule has 2 N–H and O–H groups in total. The first kappa shape index (κ1) is 21.0. The quantitative estimate of drug-likeness (QED) is 0.441. The third kappa shape index (κ3) is 5.62. The van der Waals surface area contributed by atoms with Gasteiger partial charge in [0.2, 0.25) is 5.88 Å². The van der Waals surface area contributed by atoms with Crippen LogP contribution in [0, 0.1) is 5.82 Å². The molecule has 9 heteroatoms. The van der Waals surface area contributed by atoms with Crippen molar-refractivity contribution in [3.8, 4) is 11.6 Å². The van der Waals surface area contributed by atoms with Crippen LogP contribution >= 0.6 is 23.2 Å². The largest absolute Gasteiger partial charge is 0.439 e. The highest BCUT2D eigenvalue weighted by atomic mass is 35.5. The second-order valence-electron chi connectivity index (χ2n) is 6.18. The zero-order valence-corrected chi connectivity index (χ0v) is 17.4. The smallest absolute Gasteiger partial charge is 0.219 e. The van der Waals surface area contributed by atoms with Crippen LogP contribution in [0.1, 0.15) is 11.3 Å². The van der Waals surface area contributed by atoms with Crippen molar-refractivity contribution in [2.24, 2.45) is 12.0 Å². The number of halogens is 3. The number of aromatic nitrogens is 2. The maximum absolute atomic E-state index is 13.2. The number of ether oxygens (including phenoxy) is 1. The van der Waals surface area contributed by atoms with Crippen LogP contribution in [-0.2, 0) is 20.1 Å². The summed E-state index contributed by atoms with van der Waals surface area (Å²) in [5.41, 5.74) is 1.87. The van der Waals surface area contributed by atoms with Crippen LogP contribution in [0.3, 0.4) is 0 Å². The summed E-state index contributed by atoms with van der Waals surface area (Å²) >= 11 is 12.1. The molecule has 0 atom stereocenters. The number of aliphatic imine (C=N–C) groups is 1. The molecule has 0 aliphatic rings. The van der Waals surface area contributed by atoms with E-state index in [1.165, 1.54) is 12.1 Å². The number of rotatable bonds is 6. The van der Waals surface area contributed by atoms with Crippen molar-refractivity contribution in [2.75, 3.05) is 7.05 Å². The van der Waals surface area contributed by atoms with E-state index < -0.39 is 0 Å². The topological polar surface area (TPSA) is 63.5 Å². The van der Waals surface area contributed by atoms with Crippen LogP contribution in [0.15, 0.2) is 53.7 Å². The summed E-state index contributed by atoms with van der Waals surface area (Å²) in [5.74, 6) is 1.05. The fourth-order valence-electron chi connectivity index (χ4n) is 2.57.